The first-order chi connectivity index (χ1) is 6.78. The summed E-state index contributed by atoms with van der Waals surface area (Å²) in [6.07, 6.45) is 0.940. The van der Waals surface area contributed by atoms with E-state index in [0.29, 0.717) is 12.8 Å². The summed E-state index contributed by atoms with van der Waals surface area (Å²) in [6.45, 7) is 7.30. The third-order valence-electron chi connectivity index (χ3n) is 3.62. The molecule has 0 amide bonds. The van der Waals surface area contributed by atoms with E-state index in [2.05, 4.69) is 0 Å². The molecule has 0 heterocycles. The summed E-state index contributed by atoms with van der Waals surface area (Å²) >= 11 is 0. The van der Waals surface area contributed by atoms with Crippen molar-refractivity contribution in [2.24, 2.45) is 11.8 Å². The normalized spacial score (nSPS) is 29.8. The number of rotatable bonds is 3. The van der Waals surface area contributed by atoms with Crippen LogP contribution in [0.2, 0.25) is 0 Å². The van der Waals surface area contributed by atoms with E-state index in [1.165, 1.54) is 0 Å². The third-order valence-corrected chi connectivity index (χ3v) is 6.69. The van der Waals surface area contributed by atoms with Crippen LogP contribution in [0, 0.1) is 11.8 Å². The largest absolute Gasteiger partial charge is 0.299 e. The average molecular weight is 232 g/mol. The van der Waals surface area contributed by atoms with E-state index in [9.17, 15) is 13.2 Å². The molecule has 3 unspecified atom stereocenters. The zero-order valence-electron chi connectivity index (χ0n) is 9.86. The van der Waals surface area contributed by atoms with Crippen molar-refractivity contribution >= 4 is 15.6 Å². The Morgan fingerprint density at radius 1 is 1.27 bits per heavy atom. The zero-order valence-corrected chi connectivity index (χ0v) is 10.7. The summed E-state index contributed by atoms with van der Waals surface area (Å²) in [4.78, 5) is 11.4. The maximum absolute atomic E-state index is 12.2. The Hall–Kier alpha value is -0.380. The minimum atomic E-state index is -3.14. The molecule has 0 aromatic rings. The van der Waals surface area contributed by atoms with Crippen LogP contribution >= 0.6 is 0 Å². The van der Waals surface area contributed by atoms with Crippen LogP contribution in [0.5, 0.6) is 0 Å². The summed E-state index contributed by atoms with van der Waals surface area (Å²) in [5, 5.41) is -0.793. The Bertz CT molecular complexity index is 343. The van der Waals surface area contributed by atoms with Crippen LogP contribution < -0.4 is 0 Å². The van der Waals surface area contributed by atoms with Crippen LogP contribution in [0.15, 0.2) is 0 Å². The van der Waals surface area contributed by atoms with Crippen molar-refractivity contribution in [3.05, 3.63) is 0 Å². The van der Waals surface area contributed by atoms with Crippen molar-refractivity contribution < 1.29 is 13.2 Å². The van der Waals surface area contributed by atoms with Gasteiger partial charge in [-0.1, -0.05) is 20.8 Å². The van der Waals surface area contributed by atoms with Gasteiger partial charge in [-0.15, -0.1) is 0 Å². The molecule has 3 nitrogen and oxygen atoms in total. The number of hydrogen-bond donors (Lipinski definition) is 0. The van der Waals surface area contributed by atoms with Gasteiger partial charge in [0.25, 0.3) is 0 Å². The molecule has 0 spiro atoms. The molecule has 3 atom stereocenters. The lowest BCUT2D eigenvalue weighted by Crippen LogP contribution is -2.35. The topological polar surface area (TPSA) is 51.2 Å². The number of Topliss-reactive ketones (excluding diaryl/α,β-unsaturated/α-hetero) is 1. The lowest BCUT2D eigenvalue weighted by atomic mass is 10.1. The van der Waals surface area contributed by atoms with Crippen molar-refractivity contribution in [2.75, 3.05) is 0 Å². The molecule has 15 heavy (non-hydrogen) atoms. The molecule has 1 aliphatic carbocycles. The summed E-state index contributed by atoms with van der Waals surface area (Å²) < 4.78 is 24.4. The monoisotopic (exact) mass is 232 g/mol. The number of hydrogen-bond acceptors (Lipinski definition) is 3. The molecule has 0 aromatic carbocycles. The number of ketones is 1. The van der Waals surface area contributed by atoms with Crippen LogP contribution in [-0.2, 0) is 14.6 Å². The van der Waals surface area contributed by atoms with Crippen molar-refractivity contribution in [1.29, 1.82) is 0 Å². The predicted octanol–water partition coefficient (Wildman–Crippen LogP) is 1.81. The Kier molecular flexibility index (Phi) is 3.59. The predicted molar refractivity (Wildman–Crippen MR) is 60.4 cm³/mol. The van der Waals surface area contributed by atoms with E-state index in [4.69, 9.17) is 0 Å². The molecule has 88 valence electrons. The van der Waals surface area contributed by atoms with E-state index < -0.39 is 15.1 Å². The lowest BCUT2D eigenvalue weighted by Gasteiger charge is -2.23. The summed E-state index contributed by atoms with van der Waals surface area (Å²) in [5.74, 6) is -0.103. The van der Waals surface area contributed by atoms with Crippen LogP contribution in [0.3, 0.4) is 0 Å². The van der Waals surface area contributed by atoms with Gasteiger partial charge in [0, 0.05) is 12.3 Å². The van der Waals surface area contributed by atoms with Crippen molar-refractivity contribution in [3.8, 4) is 0 Å². The molecular formula is C11H20O3S. The minimum Gasteiger partial charge on any atom is -0.299 e. The lowest BCUT2D eigenvalue weighted by molar-refractivity contribution is -0.120. The van der Waals surface area contributed by atoms with Gasteiger partial charge in [0.2, 0.25) is 0 Å². The quantitative estimate of drug-likeness (QED) is 0.745. The van der Waals surface area contributed by atoms with Gasteiger partial charge < -0.3 is 0 Å². The Morgan fingerprint density at radius 3 is 2.13 bits per heavy atom. The molecule has 0 N–H and O–H groups in total. The maximum Gasteiger partial charge on any atom is 0.156 e. The fraction of sp³-hybridized carbons (Fsp3) is 0.909. The summed E-state index contributed by atoms with van der Waals surface area (Å²) in [6, 6.07) is 0. The van der Waals surface area contributed by atoms with Crippen molar-refractivity contribution in [3.63, 3.8) is 0 Å². The Labute approximate surface area is 92.2 Å². The fourth-order valence-electron chi connectivity index (χ4n) is 2.07. The molecular weight excluding hydrogens is 212 g/mol. The molecule has 0 radical (unpaired) electrons. The van der Waals surface area contributed by atoms with Gasteiger partial charge in [0.15, 0.2) is 9.84 Å². The smallest absolute Gasteiger partial charge is 0.156 e. The van der Waals surface area contributed by atoms with Crippen LogP contribution in [-0.4, -0.2) is 24.7 Å². The van der Waals surface area contributed by atoms with E-state index in [-0.39, 0.29) is 22.9 Å². The Balaban J connectivity index is 2.93. The van der Waals surface area contributed by atoms with Gasteiger partial charge in [0.05, 0.1) is 10.5 Å². The second-order valence-electron chi connectivity index (χ2n) is 4.87. The first-order valence-electron chi connectivity index (χ1n) is 5.54. The van der Waals surface area contributed by atoms with Crippen LogP contribution in [0.4, 0.5) is 0 Å². The van der Waals surface area contributed by atoms with E-state index in [1.54, 1.807) is 13.8 Å². The SMILES string of the molecule is CC(C)C(C)S(=O)(=O)C1CCC(=O)C1C. The van der Waals surface area contributed by atoms with Gasteiger partial charge in [0.1, 0.15) is 5.78 Å². The highest BCUT2D eigenvalue weighted by molar-refractivity contribution is 7.92. The first kappa shape index (κ1) is 12.7. The fourth-order valence-corrected chi connectivity index (χ4v) is 4.55. The van der Waals surface area contributed by atoms with E-state index >= 15 is 0 Å². The van der Waals surface area contributed by atoms with E-state index in [0.717, 1.165) is 0 Å². The minimum absolute atomic E-state index is 0.0968. The molecule has 1 saturated carbocycles. The highest BCUT2D eigenvalue weighted by atomic mass is 32.2. The highest BCUT2D eigenvalue weighted by Gasteiger charge is 2.42. The average Bonchev–Trinajstić information content (AvgIpc) is 2.46. The molecule has 0 aromatic heterocycles. The first-order valence-corrected chi connectivity index (χ1v) is 7.14. The standard InChI is InChI=1S/C11H20O3S/c1-7(2)9(4)15(13,14)11-6-5-10(12)8(11)3/h7-9,11H,5-6H2,1-4H3. The van der Waals surface area contributed by atoms with Crippen molar-refractivity contribution in [2.45, 2.75) is 51.0 Å². The molecule has 1 rings (SSSR count). The Morgan fingerprint density at radius 2 is 1.80 bits per heavy atom. The number of sulfone groups is 1. The summed E-state index contributed by atoms with van der Waals surface area (Å²) in [7, 11) is -3.14. The molecule has 4 heteroatoms. The van der Waals surface area contributed by atoms with Gasteiger partial charge in [-0.25, -0.2) is 8.42 Å². The van der Waals surface area contributed by atoms with Gasteiger partial charge in [-0.3, -0.25) is 4.79 Å². The van der Waals surface area contributed by atoms with Gasteiger partial charge >= 0.3 is 0 Å². The second-order valence-corrected chi connectivity index (χ2v) is 7.40. The van der Waals surface area contributed by atoms with Crippen LogP contribution in [0.25, 0.3) is 0 Å². The maximum atomic E-state index is 12.2. The van der Waals surface area contributed by atoms with Crippen LogP contribution in [0.1, 0.15) is 40.5 Å². The van der Waals surface area contributed by atoms with Crippen molar-refractivity contribution in [1.82, 2.24) is 0 Å². The third kappa shape index (κ3) is 2.25. The molecule has 0 bridgehead atoms. The molecule has 0 aliphatic heterocycles. The van der Waals surface area contributed by atoms with E-state index in [1.807, 2.05) is 13.8 Å². The molecule has 1 fully saturated rings. The van der Waals surface area contributed by atoms with Gasteiger partial charge in [-0.2, -0.15) is 0 Å². The second kappa shape index (κ2) is 4.24. The molecule has 0 saturated heterocycles. The summed E-state index contributed by atoms with van der Waals surface area (Å²) in [5.41, 5.74) is 0. The molecule has 1 aliphatic rings. The number of carbonyl (C=O) groups excluding carboxylic acids is 1. The van der Waals surface area contributed by atoms with Gasteiger partial charge in [-0.05, 0) is 19.3 Å². The highest BCUT2D eigenvalue weighted by Crippen LogP contribution is 2.31. The number of carbonyl (C=O) groups is 1. The zero-order chi connectivity index (χ0) is 11.8.